The lowest BCUT2D eigenvalue weighted by Gasteiger charge is -2.13. The molecular weight excluding hydrogens is 222 g/mol. The first kappa shape index (κ1) is 11.3. The molecule has 90 valence electrons. The molecule has 2 rings (SSSR count). The lowest BCUT2D eigenvalue weighted by atomic mass is 10.2. The number of hydrogen-bond donors (Lipinski definition) is 1. The molecule has 0 atom stereocenters. The van der Waals surface area contributed by atoms with Gasteiger partial charge in [0.05, 0.1) is 12.7 Å². The number of aromatic amines is 1. The van der Waals surface area contributed by atoms with E-state index in [0.29, 0.717) is 17.9 Å². The Morgan fingerprint density at radius 3 is 2.82 bits per heavy atom. The van der Waals surface area contributed by atoms with Gasteiger partial charge < -0.3 is 9.42 Å². The maximum absolute atomic E-state index is 12.0. The van der Waals surface area contributed by atoms with Crippen LogP contribution in [0.2, 0.25) is 0 Å². The van der Waals surface area contributed by atoms with Crippen molar-refractivity contribution in [2.75, 3.05) is 7.05 Å². The molecule has 0 aromatic carbocycles. The van der Waals surface area contributed by atoms with Gasteiger partial charge in [-0.05, 0) is 13.8 Å². The maximum Gasteiger partial charge on any atom is 0.292 e. The molecule has 0 saturated heterocycles. The van der Waals surface area contributed by atoms with Crippen LogP contribution in [0.4, 0.5) is 0 Å². The van der Waals surface area contributed by atoms with Crippen molar-refractivity contribution in [1.82, 2.24) is 25.2 Å². The van der Waals surface area contributed by atoms with Crippen LogP contribution in [-0.2, 0) is 6.54 Å². The van der Waals surface area contributed by atoms with E-state index in [1.807, 2.05) is 0 Å². The third-order valence-electron chi connectivity index (χ3n) is 2.31. The molecule has 17 heavy (non-hydrogen) atoms. The molecule has 0 aliphatic carbocycles. The van der Waals surface area contributed by atoms with Crippen LogP contribution in [0.5, 0.6) is 0 Å². The van der Waals surface area contributed by atoms with E-state index in [9.17, 15) is 4.79 Å². The van der Waals surface area contributed by atoms with Gasteiger partial charge in [-0.3, -0.25) is 9.89 Å². The van der Waals surface area contributed by atoms with Gasteiger partial charge in [0.15, 0.2) is 5.82 Å². The lowest BCUT2D eigenvalue weighted by molar-refractivity contribution is 0.0739. The normalized spacial score (nSPS) is 10.5. The summed E-state index contributed by atoms with van der Waals surface area (Å²) in [6, 6.07) is 0. The van der Waals surface area contributed by atoms with Gasteiger partial charge in [-0.1, -0.05) is 5.16 Å². The first-order valence-corrected chi connectivity index (χ1v) is 5.12. The fourth-order valence-corrected chi connectivity index (χ4v) is 1.41. The number of H-pyrrole nitrogens is 1. The Bertz CT molecular complexity index is 530. The van der Waals surface area contributed by atoms with Crippen molar-refractivity contribution in [1.29, 1.82) is 0 Å². The Labute approximate surface area is 97.8 Å². The van der Waals surface area contributed by atoms with Crippen molar-refractivity contribution in [3.63, 3.8) is 0 Å². The second-order valence-corrected chi connectivity index (χ2v) is 3.84. The van der Waals surface area contributed by atoms with Gasteiger partial charge in [0.2, 0.25) is 5.76 Å². The smallest absolute Gasteiger partial charge is 0.292 e. The molecule has 2 aromatic heterocycles. The summed E-state index contributed by atoms with van der Waals surface area (Å²) in [5.74, 6) is 1.30. The zero-order valence-corrected chi connectivity index (χ0v) is 9.89. The third kappa shape index (κ3) is 2.32. The Morgan fingerprint density at radius 1 is 1.53 bits per heavy atom. The van der Waals surface area contributed by atoms with Crippen LogP contribution in [0.15, 0.2) is 10.7 Å². The highest BCUT2D eigenvalue weighted by atomic mass is 16.5. The highest BCUT2D eigenvalue weighted by Crippen LogP contribution is 2.10. The average Bonchev–Trinajstić information content (AvgIpc) is 2.86. The molecule has 1 N–H and O–H groups in total. The van der Waals surface area contributed by atoms with E-state index in [2.05, 4.69) is 20.3 Å². The third-order valence-corrected chi connectivity index (χ3v) is 2.31. The summed E-state index contributed by atoms with van der Waals surface area (Å²) in [6.45, 7) is 3.90. The molecule has 0 aliphatic heterocycles. The van der Waals surface area contributed by atoms with Crippen molar-refractivity contribution in [3.05, 3.63) is 29.2 Å². The van der Waals surface area contributed by atoms with Crippen molar-refractivity contribution < 1.29 is 9.32 Å². The van der Waals surface area contributed by atoms with Gasteiger partial charge in [-0.15, -0.1) is 0 Å². The van der Waals surface area contributed by atoms with E-state index in [0.717, 1.165) is 5.82 Å². The molecule has 2 aromatic rings. The Hall–Kier alpha value is -2.18. The molecule has 0 fully saturated rings. The summed E-state index contributed by atoms with van der Waals surface area (Å²) in [5.41, 5.74) is 0.716. The van der Waals surface area contributed by atoms with Gasteiger partial charge in [0.1, 0.15) is 5.82 Å². The minimum atomic E-state index is -0.234. The number of amides is 1. The molecule has 0 spiro atoms. The molecule has 0 unspecified atom stereocenters. The zero-order valence-electron chi connectivity index (χ0n) is 9.89. The predicted octanol–water partition coefficient (Wildman–Crippen LogP) is 0.682. The van der Waals surface area contributed by atoms with Crippen LogP contribution < -0.4 is 0 Å². The van der Waals surface area contributed by atoms with E-state index in [1.165, 1.54) is 11.1 Å². The number of aryl methyl sites for hydroxylation is 2. The molecule has 0 saturated carbocycles. The molecule has 7 heteroatoms. The second-order valence-electron chi connectivity index (χ2n) is 3.84. The maximum atomic E-state index is 12.0. The molecule has 0 aliphatic rings. The summed E-state index contributed by atoms with van der Waals surface area (Å²) < 4.78 is 4.90. The molecular formula is C10H13N5O2. The van der Waals surface area contributed by atoms with Crippen LogP contribution in [0.1, 0.15) is 27.8 Å². The number of hydrogen-bond acceptors (Lipinski definition) is 5. The Balaban J connectivity index is 2.08. The van der Waals surface area contributed by atoms with Crippen LogP contribution in [-0.4, -0.2) is 38.2 Å². The molecule has 0 bridgehead atoms. The summed E-state index contributed by atoms with van der Waals surface area (Å²) in [6.07, 6.45) is 1.51. The minimum absolute atomic E-state index is 0.234. The fourth-order valence-electron chi connectivity index (χ4n) is 1.41. The molecule has 2 heterocycles. The summed E-state index contributed by atoms with van der Waals surface area (Å²) >= 11 is 0. The van der Waals surface area contributed by atoms with Crippen LogP contribution in [0, 0.1) is 13.8 Å². The SMILES string of the molecule is Cc1nc(CN(C)C(=O)c2oncc2C)n[nH]1. The number of rotatable bonds is 3. The first-order chi connectivity index (χ1) is 8.08. The van der Waals surface area contributed by atoms with Gasteiger partial charge in [-0.2, -0.15) is 5.10 Å². The first-order valence-electron chi connectivity index (χ1n) is 5.12. The Kier molecular flexibility index (Phi) is 2.90. The van der Waals surface area contributed by atoms with E-state index in [4.69, 9.17) is 4.52 Å². The fraction of sp³-hybridized carbons (Fsp3) is 0.400. The quantitative estimate of drug-likeness (QED) is 0.845. The van der Waals surface area contributed by atoms with Crippen LogP contribution in [0.3, 0.4) is 0 Å². The minimum Gasteiger partial charge on any atom is -0.351 e. The number of carbonyl (C=O) groups is 1. The summed E-state index contributed by atoms with van der Waals surface area (Å²) in [5, 5.41) is 10.3. The number of carbonyl (C=O) groups excluding carboxylic acids is 1. The average molecular weight is 235 g/mol. The summed E-state index contributed by atoms with van der Waals surface area (Å²) in [7, 11) is 1.66. The van der Waals surface area contributed by atoms with E-state index < -0.39 is 0 Å². The molecule has 1 amide bonds. The number of nitrogens with zero attached hydrogens (tertiary/aromatic N) is 4. The van der Waals surface area contributed by atoms with Crippen LogP contribution in [0.25, 0.3) is 0 Å². The van der Waals surface area contributed by atoms with E-state index in [1.54, 1.807) is 20.9 Å². The predicted molar refractivity (Wildman–Crippen MR) is 58.2 cm³/mol. The van der Waals surface area contributed by atoms with E-state index in [-0.39, 0.29) is 11.7 Å². The zero-order chi connectivity index (χ0) is 12.4. The van der Waals surface area contributed by atoms with Crippen molar-refractivity contribution in [3.8, 4) is 0 Å². The van der Waals surface area contributed by atoms with Crippen molar-refractivity contribution >= 4 is 5.91 Å². The highest BCUT2D eigenvalue weighted by molar-refractivity contribution is 5.92. The standard InChI is InChI=1S/C10H13N5O2/c1-6-4-11-17-9(6)10(16)15(3)5-8-12-7(2)13-14-8/h4H,5H2,1-3H3,(H,12,13,14). The largest absolute Gasteiger partial charge is 0.351 e. The lowest BCUT2D eigenvalue weighted by Crippen LogP contribution is -2.26. The highest BCUT2D eigenvalue weighted by Gasteiger charge is 2.19. The monoisotopic (exact) mass is 235 g/mol. The van der Waals surface area contributed by atoms with Crippen molar-refractivity contribution in [2.24, 2.45) is 0 Å². The number of aromatic nitrogens is 4. The van der Waals surface area contributed by atoms with Gasteiger partial charge in [0, 0.05) is 12.6 Å². The Morgan fingerprint density at radius 2 is 2.29 bits per heavy atom. The van der Waals surface area contributed by atoms with E-state index >= 15 is 0 Å². The van der Waals surface area contributed by atoms with Gasteiger partial charge in [-0.25, -0.2) is 4.98 Å². The second kappa shape index (κ2) is 4.36. The van der Waals surface area contributed by atoms with Gasteiger partial charge in [0.25, 0.3) is 5.91 Å². The molecule has 7 nitrogen and oxygen atoms in total. The number of nitrogens with one attached hydrogen (secondary N) is 1. The van der Waals surface area contributed by atoms with Crippen LogP contribution >= 0.6 is 0 Å². The topological polar surface area (TPSA) is 87.9 Å². The van der Waals surface area contributed by atoms with Crippen molar-refractivity contribution in [2.45, 2.75) is 20.4 Å². The van der Waals surface area contributed by atoms with Gasteiger partial charge >= 0.3 is 0 Å². The molecule has 0 radical (unpaired) electrons. The summed E-state index contributed by atoms with van der Waals surface area (Å²) in [4.78, 5) is 17.6.